The SMILES string of the molecule is CC(NC1CCC(N2CC=Cc3cc(F)c(OC(F)F)cc32)CC1)C(F)(F)F. The molecular weight excluding hydrogens is 386 g/mol. The highest BCUT2D eigenvalue weighted by molar-refractivity contribution is 5.73. The monoisotopic (exact) mass is 408 g/mol. The molecule has 9 heteroatoms. The van der Waals surface area contributed by atoms with E-state index in [1.807, 2.05) is 11.0 Å². The maximum absolute atomic E-state index is 14.0. The van der Waals surface area contributed by atoms with Crippen molar-refractivity contribution in [1.29, 1.82) is 0 Å². The van der Waals surface area contributed by atoms with E-state index in [4.69, 9.17) is 0 Å². The van der Waals surface area contributed by atoms with Gasteiger partial charge in [-0.1, -0.05) is 12.2 Å². The van der Waals surface area contributed by atoms with E-state index in [1.54, 1.807) is 6.08 Å². The van der Waals surface area contributed by atoms with E-state index in [0.29, 0.717) is 43.5 Å². The molecule has 0 radical (unpaired) electrons. The second-order valence-electron chi connectivity index (χ2n) is 7.21. The Morgan fingerprint density at radius 3 is 2.43 bits per heavy atom. The van der Waals surface area contributed by atoms with Crippen LogP contribution in [-0.2, 0) is 0 Å². The van der Waals surface area contributed by atoms with Crippen LogP contribution in [0.15, 0.2) is 18.2 Å². The van der Waals surface area contributed by atoms with Crippen molar-refractivity contribution in [2.75, 3.05) is 11.4 Å². The summed E-state index contributed by atoms with van der Waals surface area (Å²) in [6, 6.07) is 0.681. The summed E-state index contributed by atoms with van der Waals surface area (Å²) in [5, 5.41) is 2.63. The summed E-state index contributed by atoms with van der Waals surface area (Å²) in [7, 11) is 0. The van der Waals surface area contributed by atoms with Crippen molar-refractivity contribution >= 4 is 11.8 Å². The van der Waals surface area contributed by atoms with Gasteiger partial charge in [0.1, 0.15) is 6.04 Å². The molecule has 156 valence electrons. The van der Waals surface area contributed by atoms with Crippen molar-refractivity contribution in [2.45, 2.75) is 63.5 Å². The lowest BCUT2D eigenvalue weighted by molar-refractivity contribution is -0.153. The van der Waals surface area contributed by atoms with Gasteiger partial charge in [-0.3, -0.25) is 0 Å². The van der Waals surface area contributed by atoms with Gasteiger partial charge in [0.25, 0.3) is 0 Å². The van der Waals surface area contributed by atoms with Gasteiger partial charge in [-0.15, -0.1) is 0 Å². The van der Waals surface area contributed by atoms with Gasteiger partial charge in [0.15, 0.2) is 11.6 Å². The molecule has 1 atom stereocenters. The number of benzene rings is 1. The molecular formula is C19H22F6N2O. The summed E-state index contributed by atoms with van der Waals surface area (Å²) >= 11 is 0. The van der Waals surface area contributed by atoms with Gasteiger partial charge in [0.05, 0.1) is 0 Å². The molecule has 1 N–H and O–H groups in total. The summed E-state index contributed by atoms with van der Waals surface area (Å²) in [5.74, 6) is -1.37. The first kappa shape index (κ1) is 20.8. The highest BCUT2D eigenvalue weighted by Gasteiger charge is 2.38. The van der Waals surface area contributed by atoms with E-state index in [1.165, 1.54) is 6.07 Å². The molecule has 3 nitrogen and oxygen atoms in total. The predicted molar refractivity (Wildman–Crippen MR) is 94.1 cm³/mol. The van der Waals surface area contributed by atoms with Crippen LogP contribution in [0.5, 0.6) is 5.75 Å². The Balaban J connectivity index is 1.69. The van der Waals surface area contributed by atoms with Crippen LogP contribution >= 0.6 is 0 Å². The Morgan fingerprint density at radius 2 is 1.82 bits per heavy atom. The van der Waals surface area contributed by atoms with Crippen LogP contribution in [0.1, 0.15) is 38.2 Å². The standard InChI is InChI=1S/C19H22F6N2O/c1-11(19(23,24)25)26-13-4-6-14(7-5-13)27-8-2-3-12-9-15(20)17(10-16(12)27)28-18(21)22/h2-3,9-11,13-14,18,26H,4-8H2,1H3. The van der Waals surface area contributed by atoms with Gasteiger partial charge >= 0.3 is 12.8 Å². The first-order valence-corrected chi connectivity index (χ1v) is 9.19. The van der Waals surface area contributed by atoms with Crippen LogP contribution in [0, 0.1) is 5.82 Å². The minimum absolute atomic E-state index is 0.0350. The maximum atomic E-state index is 14.0. The largest absolute Gasteiger partial charge is 0.432 e. The zero-order valence-electron chi connectivity index (χ0n) is 15.3. The van der Waals surface area contributed by atoms with Crippen molar-refractivity contribution in [3.05, 3.63) is 29.6 Å². The number of anilines is 1. The average Bonchev–Trinajstić information content (AvgIpc) is 2.61. The molecule has 0 amide bonds. The van der Waals surface area contributed by atoms with Crippen molar-refractivity contribution in [2.24, 2.45) is 0 Å². The van der Waals surface area contributed by atoms with Crippen LogP contribution in [0.3, 0.4) is 0 Å². The van der Waals surface area contributed by atoms with Gasteiger partial charge in [0, 0.05) is 35.9 Å². The lowest BCUT2D eigenvalue weighted by Crippen LogP contribution is -2.49. The second-order valence-corrected chi connectivity index (χ2v) is 7.21. The number of hydrogen-bond acceptors (Lipinski definition) is 3. The Bertz CT molecular complexity index is 713. The fourth-order valence-corrected chi connectivity index (χ4v) is 3.87. The second kappa shape index (κ2) is 8.23. The topological polar surface area (TPSA) is 24.5 Å². The van der Waals surface area contributed by atoms with Gasteiger partial charge in [-0.25, -0.2) is 4.39 Å². The molecule has 28 heavy (non-hydrogen) atoms. The minimum atomic E-state index is -4.28. The molecule has 1 aromatic carbocycles. The molecule has 2 aliphatic rings. The molecule has 0 spiro atoms. The molecule has 1 aliphatic heterocycles. The molecule has 1 unspecified atom stereocenters. The predicted octanol–water partition coefficient (Wildman–Crippen LogP) is 5.11. The van der Waals surface area contributed by atoms with Crippen molar-refractivity contribution < 1.29 is 31.1 Å². The van der Waals surface area contributed by atoms with E-state index in [2.05, 4.69) is 10.1 Å². The zero-order chi connectivity index (χ0) is 20.5. The Morgan fingerprint density at radius 1 is 1.14 bits per heavy atom. The summed E-state index contributed by atoms with van der Waals surface area (Å²) in [6.07, 6.45) is 1.74. The number of halogens is 6. The molecule has 1 heterocycles. The highest BCUT2D eigenvalue weighted by atomic mass is 19.4. The summed E-state index contributed by atoms with van der Waals surface area (Å²) in [6.45, 7) is -1.50. The van der Waals surface area contributed by atoms with Crippen LogP contribution in [0.2, 0.25) is 0 Å². The molecule has 3 rings (SSSR count). The van der Waals surface area contributed by atoms with Crippen molar-refractivity contribution in [1.82, 2.24) is 5.32 Å². The Hall–Kier alpha value is -1.90. The third-order valence-electron chi connectivity index (χ3n) is 5.32. The molecule has 1 saturated carbocycles. The average molecular weight is 408 g/mol. The van der Waals surface area contributed by atoms with Gasteiger partial charge in [-0.2, -0.15) is 22.0 Å². The van der Waals surface area contributed by atoms with E-state index < -0.39 is 30.4 Å². The number of alkyl halides is 5. The minimum Gasteiger partial charge on any atom is -0.432 e. The number of hydrogen-bond donors (Lipinski definition) is 1. The van der Waals surface area contributed by atoms with Crippen LogP contribution in [-0.4, -0.2) is 37.5 Å². The number of ether oxygens (including phenoxy) is 1. The van der Waals surface area contributed by atoms with E-state index in [0.717, 1.165) is 13.0 Å². The third-order valence-corrected chi connectivity index (χ3v) is 5.32. The zero-order valence-corrected chi connectivity index (χ0v) is 15.3. The van der Waals surface area contributed by atoms with Crippen LogP contribution in [0.4, 0.5) is 32.0 Å². The first-order chi connectivity index (χ1) is 13.1. The fourth-order valence-electron chi connectivity index (χ4n) is 3.87. The van der Waals surface area contributed by atoms with Crippen molar-refractivity contribution in [3.8, 4) is 5.75 Å². The van der Waals surface area contributed by atoms with E-state index in [9.17, 15) is 26.3 Å². The Kier molecular flexibility index (Phi) is 6.12. The maximum Gasteiger partial charge on any atom is 0.403 e. The molecule has 1 aliphatic carbocycles. The number of rotatable bonds is 5. The number of nitrogens with zero attached hydrogens (tertiary/aromatic N) is 1. The van der Waals surface area contributed by atoms with E-state index in [-0.39, 0.29) is 12.1 Å². The normalized spacial score (nSPS) is 23.6. The molecule has 0 aromatic heterocycles. The molecule has 1 aromatic rings. The molecule has 1 fully saturated rings. The highest BCUT2D eigenvalue weighted by Crippen LogP contribution is 2.37. The smallest absolute Gasteiger partial charge is 0.403 e. The first-order valence-electron chi connectivity index (χ1n) is 9.19. The number of fused-ring (bicyclic) bond motifs is 1. The van der Waals surface area contributed by atoms with Crippen molar-refractivity contribution in [3.63, 3.8) is 0 Å². The fraction of sp³-hybridized carbons (Fsp3) is 0.579. The molecule has 0 saturated heterocycles. The van der Waals surface area contributed by atoms with E-state index >= 15 is 0 Å². The van der Waals surface area contributed by atoms with Gasteiger partial charge in [0.2, 0.25) is 0 Å². The van der Waals surface area contributed by atoms with Crippen LogP contribution in [0.25, 0.3) is 6.08 Å². The van der Waals surface area contributed by atoms with Crippen LogP contribution < -0.4 is 15.0 Å². The summed E-state index contributed by atoms with van der Waals surface area (Å²) < 4.78 is 81.4. The summed E-state index contributed by atoms with van der Waals surface area (Å²) in [4.78, 5) is 1.98. The lowest BCUT2D eigenvalue weighted by atomic mass is 9.88. The van der Waals surface area contributed by atoms with Gasteiger partial charge in [-0.05, 0) is 38.7 Å². The third kappa shape index (κ3) is 4.74. The summed E-state index contributed by atoms with van der Waals surface area (Å²) in [5.41, 5.74) is 1.16. The van der Waals surface area contributed by atoms with Gasteiger partial charge < -0.3 is 15.0 Å². The number of nitrogens with one attached hydrogen (secondary N) is 1. The quantitative estimate of drug-likeness (QED) is 0.685. The Labute approximate surface area is 159 Å². The lowest BCUT2D eigenvalue weighted by Gasteiger charge is -2.40. The molecule has 0 bridgehead atoms.